The van der Waals surface area contributed by atoms with Gasteiger partial charge in [0.1, 0.15) is 11.3 Å². The third-order valence-corrected chi connectivity index (χ3v) is 5.96. The predicted molar refractivity (Wildman–Crippen MR) is 123 cm³/mol. The normalized spacial score (nSPS) is 14.8. The van der Waals surface area contributed by atoms with Crippen molar-refractivity contribution in [2.45, 2.75) is 39.5 Å². The van der Waals surface area contributed by atoms with Crippen molar-refractivity contribution >= 4 is 28.6 Å². The molecule has 182 valence electrons. The van der Waals surface area contributed by atoms with Crippen LogP contribution in [0, 0.1) is 0 Å². The molecule has 3 heterocycles. The third kappa shape index (κ3) is 4.73. The van der Waals surface area contributed by atoms with Crippen LogP contribution in [-0.4, -0.2) is 56.6 Å². The molecular weight excluding hydrogens is 449 g/mol. The van der Waals surface area contributed by atoms with Gasteiger partial charge in [0.15, 0.2) is 0 Å². The Morgan fingerprint density at radius 2 is 1.76 bits per heavy atom. The summed E-state index contributed by atoms with van der Waals surface area (Å²) in [6.45, 7) is 7.84. The fourth-order valence-electron chi connectivity index (χ4n) is 3.96. The van der Waals surface area contributed by atoms with Crippen LogP contribution < -0.4 is 10.2 Å². The third-order valence-electron chi connectivity index (χ3n) is 5.96. The standard InChI is InChI=1S/C23H27F3N6O2/c1-14(2)32-13-18-19(21(32)34)28-22(31-10-8-30(9-11-31)15(3)33)29-20(18)27-12-16-4-6-17(7-5-16)23(24,25)26/h4-7,13-14,34H,8-12H2,1-3H3,(H,27,28,29). The minimum atomic E-state index is -4.39. The van der Waals surface area contributed by atoms with Crippen LogP contribution >= 0.6 is 0 Å². The average Bonchev–Trinajstić information content (AvgIpc) is 3.14. The Hall–Kier alpha value is -3.50. The number of anilines is 2. The molecule has 3 aromatic rings. The number of amides is 1. The number of piperazine rings is 1. The van der Waals surface area contributed by atoms with E-state index in [1.54, 1.807) is 15.7 Å². The van der Waals surface area contributed by atoms with Crippen LogP contribution in [0.3, 0.4) is 0 Å². The summed E-state index contributed by atoms with van der Waals surface area (Å²) in [5.74, 6) is 0.932. The molecule has 0 unspecified atom stereocenters. The molecule has 1 aromatic carbocycles. The lowest BCUT2D eigenvalue weighted by molar-refractivity contribution is -0.137. The average molecular weight is 477 g/mol. The van der Waals surface area contributed by atoms with Gasteiger partial charge >= 0.3 is 6.18 Å². The molecule has 0 radical (unpaired) electrons. The fraction of sp³-hybridized carbons (Fsp3) is 0.435. The summed E-state index contributed by atoms with van der Waals surface area (Å²) in [7, 11) is 0. The first-order valence-corrected chi connectivity index (χ1v) is 11.1. The number of hydrogen-bond donors (Lipinski definition) is 2. The van der Waals surface area contributed by atoms with Gasteiger partial charge in [0.05, 0.1) is 10.9 Å². The maximum absolute atomic E-state index is 12.9. The van der Waals surface area contributed by atoms with Gasteiger partial charge in [-0.25, -0.2) is 4.98 Å². The lowest BCUT2D eigenvalue weighted by Gasteiger charge is -2.34. The van der Waals surface area contributed by atoms with Crippen molar-refractivity contribution in [3.05, 3.63) is 41.6 Å². The zero-order chi connectivity index (χ0) is 24.6. The van der Waals surface area contributed by atoms with E-state index in [2.05, 4.69) is 15.3 Å². The highest BCUT2D eigenvalue weighted by Gasteiger charge is 2.30. The molecule has 0 atom stereocenters. The van der Waals surface area contributed by atoms with E-state index in [4.69, 9.17) is 0 Å². The molecule has 0 aliphatic carbocycles. The summed E-state index contributed by atoms with van der Waals surface area (Å²) in [5, 5.41) is 14.6. The summed E-state index contributed by atoms with van der Waals surface area (Å²) in [6.07, 6.45) is -2.62. The van der Waals surface area contributed by atoms with Crippen LogP contribution in [0.5, 0.6) is 5.88 Å². The molecule has 2 aromatic heterocycles. The van der Waals surface area contributed by atoms with Gasteiger partial charge in [-0.1, -0.05) is 12.1 Å². The van der Waals surface area contributed by atoms with Crippen LogP contribution in [0.1, 0.15) is 37.9 Å². The second-order valence-electron chi connectivity index (χ2n) is 8.63. The predicted octanol–water partition coefficient (Wildman–Crippen LogP) is 4.02. The number of fused-ring (bicyclic) bond motifs is 1. The summed E-state index contributed by atoms with van der Waals surface area (Å²) in [5.41, 5.74) is 0.345. The number of aromatic hydroxyl groups is 1. The quantitative estimate of drug-likeness (QED) is 0.579. The van der Waals surface area contributed by atoms with Crippen LogP contribution in [0.15, 0.2) is 30.5 Å². The number of rotatable bonds is 5. The Kier molecular flexibility index (Phi) is 6.28. The number of alkyl halides is 3. The second kappa shape index (κ2) is 9.03. The molecule has 1 saturated heterocycles. The molecule has 4 rings (SSSR count). The van der Waals surface area contributed by atoms with Gasteiger partial charge in [0.2, 0.25) is 17.7 Å². The van der Waals surface area contributed by atoms with E-state index in [0.29, 0.717) is 54.4 Å². The van der Waals surface area contributed by atoms with Crippen LogP contribution in [0.2, 0.25) is 0 Å². The Bertz CT molecular complexity index is 1180. The van der Waals surface area contributed by atoms with Crippen LogP contribution in [-0.2, 0) is 17.5 Å². The molecule has 0 bridgehead atoms. The summed E-state index contributed by atoms with van der Waals surface area (Å²) < 4.78 is 40.3. The number of carbonyl (C=O) groups is 1. The van der Waals surface area contributed by atoms with E-state index in [1.165, 1.54) is 19.1 Å². The van der Waals surface area contributed by atoms with Crippen molar-refractivity contribution in [1.29, 1.82) is 0 Å². The molecule has 8 nitrogen and oxygen atoms in total. The minimum Gasteiger partial charge on any atom is -0.493 e. The highest BCUT2D eigenvalue weighted by atomic mass is 19.4. The van der Waals surface area contributed by atoms with E-state index >= 15 is 0 Å². The molecule has 34 heavy (non-hydrogen) atoms. The van der Waals surface area contributed by atoms with E-state index in [9.17, 15) is 23.1 Å². The fourth-order valence-corrected chi connectivity index (χ4v) is 3.96. The first-order valence-electron chi connectivity index (χ1n) is 11.1. The maximum atomic E-state index is 12.9. The number of carbonyl (C=O) groups excluding carboxylic acids is 1. The van der Waals surface area contributed by atoms with Crippen molar-refractivity contribution in [3.63, 3.8) is 0 Å². The minimum absolute atomic E-state index is 0.0143. The van der Waals surface area contributed by atoms with Gasteiger partial charge < -0.3 is 24.8 Å². The molecule has 1 aliphatic rings. The lowest BCUT2D eigenvalue weighted by atomic mass is 10.1. The molecular formula is C23H27F3N6O2. The number of nitrogens with zero attached hydrogens (tertiary/aromatic N) is 5. The molecule has 1 amide bonds. The van der Waals surface area contributed by atoms with E-state index < -0.39 is 11.7 Å². The van der Waals surface area contributed by atoms with Crippen molar-refractivity contribution in [2.75, 3.05) is 36.4 Å². The Morgan fingerprint density at radius 1 is 1.12 bits per heavy atom. The van der Waals surface area contributed by atoms with Crippen LogP contribution in [0.4, 0.5) is 24.9 Å². The van der Waals surface area contributed by atoms with Crippen molar-refractivity contribution < 1.29 is 23.1 Å². The van der Waals surface area contributed by atoms with E-state index in [0.717, 1.165) is 12.1 Å². The number of halogens is 3. The molecule has 0 spiro atoms. The zero-order valence-electron chi connectivity index (χ0n) is 19.2. The molecule has 1 aliphatic heterocycles. The highest BCUT2D eigenvalue weighted by Crippen LogP contribution is 2.34. The zero-order valence-corrected chi connectivity index (χ0v) is 19.2. The van der Waals surface area contributed by atoms with E-state index in [-0.39, 0.29) is 24.4 Å². The summed E-state index contributed by atoms with van der Waals surface area (Å²) >= 11 is 0. The monoisotopic (exact) mass is 476 g/mol. The van der Waals surface area contributed by atoms with Gasteiger partial charge in [-0.2, -0.15) is 18.2 Å². The molecule has 1 fully saturated rings. The molecule has 2 N–H and O–H groups in total. The number of benzene rings is 1. The van der Waals surface area contributed by atoms with Gasteiger partial charge in [-0.15, -0.1) is 0 Å². The SMILES string of the molecule is CC(=O)N1CCN(c2nc(NCc3ccc(C(F)(F)F)cc3)c3cn(C(C)C)c(O)c3n2)CC1. The number of hydrogen-bond acceptors (Lipinski definition) is 6. The van der Waals surface area contributed by atoms with Crippen LogP contribution in [0.25, 0.3) is 10.9 Å². The Labute approximate surface area is 195 Å². The Morgan fingerprint density at radius 3 is 2.32 bits per heavy atom. The van der Waals surface area contributed by atoms with Crippen molar-refractivity contribution in [1.82, 2.24) is 19.4 Å². The highest BCUT2D eigenvalue weighted by molar-refractivity contribution is 5.94. The number of aromatic nitrogens is 3. The first kappa shape index (κ1) is 23.7. The second-order valence-corrected chi connectivity index (χ2v) is 8.63. The topological polar surface area (TPSA) is 86.5 Å². The smallest absolute Gasteiger partial charge is 0.416 e. The van der Waals surface area contributed by atoms with Gasteiger partial charge in [0.25, 0.3) is 0 Å². The van der Waals surface area contributed by atoms with Gasteiger partial charge in [0, 0.05) is 51.9 Å². The first-order chi connectivity index (χ1) is 16.0. The molecule has 0 saturated carbocycles. The Balaban J connectivity index is 1.64. The van der Waals surface area contributed by atoms with Gasteiger partial charge in [-0.05, 0) is 31.5 Å². The lowest BCUT2D eigenvalue weighted by Crippen LogP contribution is -2.48. The largest absolute Gasteiger partial charge is 0.493 e. The number of nitrogens with one attached hydrogen (secondary N) is 1. The summed E-state index contributed by atoms with van der Waals surface area (Å²) in [6, 6.07) is 4.93. The summed E-state index contributed by atoms with van der Waals surface area (Å²) in [4.78, 5) is 24.6. The van der Waals surface area contributed by atoms with Crippen molar-refractivity contribution in [3.8, 4) is 5.88 Å². The van der Waals surface area contributed by atoms with Gasteiger partial charge in [-0.3, -0.25) is 4.79 Å². The maximum Gasteiger partial charge on any atom is 0.416 e. The van der Waals surface area contributed by atoms with Crippen molar-refractivity contribution in [2.24, 2.45) is 0 Å². The molecule has 11 heteroatoms. The van der Waals surface area contributed by atoms with E-state index in [1.807, 2.05) is 18.7 Å².